The van der Waals surface area contributed by atoms with Crippen LogP contribution in [-0.2, 0) is 6.42 Å². The quantitative estimate of drug-likeness (QED) is 0.729. The van der Waals surface area contributed by atoms with Gasteiger partial charge in [0.2, 0.25) is 0 Å². The van der Waals surface area contributed by atoms with E-state index in [-0.39, 0.29) is 0 Å². The minimum Gasteiger partial charge on any atom is -0.0924 e. The van der Waals surface area contributed by atoms with Crippen molar-refractivity contribution in [1.82, 2.24) is 0 Å². The Morgan fingerprint density at radius 2 is 1.87 bits per heavy atom. The molecule has 0 heterocycles. The number of hydrogen-bond donors (Lipinski definition) is 0. The molecule has 0 saturated carbocycles. The Morgan fingerprint density at radius 3 is 2.60 bits per heavy atom. The van der Waals surface area contributed by atoms with Crippen LogP contribution in [0.3, 0.4) is 0 Å². The zero-order valence-electron chi connectivity index (χ0n) is 8.41. The topological polar surface area (TPSA) is 0 Å². The fraction of sp³-hybridized carbons (Fsp3) is 0.143. The van der Waals surface area contributed by atoms with Crippen molar-refractivity contribution in [3.8, 4) is 11.1 Å². The molecule has 0 aromatic heterocycles. The molecule has 0 spiro atoms. The zero-order chi connectivity index (χ0) is 10.5. The third-order valence-electron chi connectivity index (χ3n) is 2.40. The van der Waals surface area contributed by atoms with E-state index in [4.69, 9.17) is 0 Å². The Morgan fingerprint density at radius 1 is 1.07 bits per heavy atom. The van der Waals surface area contributed by atoms with Gasteiger partial charge < -0.3 is 0 Å². The molecule has 0 unspecified atom stereocenters. The van der Waals surface area contributed by atoms with Crippen molar-refractivity contribution < 1.29 is 0 Å². The predicted octanol–water partition coefficient (Wildman–Crippen LogP) is 4.09. The van der Waals surface area contributed by atoms with Gasteiger partial charge in [-0.25, -0.2) is 0 Å². The van der Waals surface area contributed by atoms with Gasteiger partial charge in [0.25, 0.3) is 0 Å². The second-order valence-electron chi connectivity index (χ2n) is 3.39. The van der Waals surface area contributed by atoms with Gasteiger partial charge in [0, 0.05) is 5.33 Å². The Hall–Kier alpha value is -1.08. The molecule has 0 N–H and O–H groups in total. The Balaban J connectivity index is 2.43. The molecule has 0 atom stereocenters. The number of rotatable bonds is 3. The highest BCUT2D eigenvalue weighted by Crippen LogP contribution is 2.23. The lowest BCUT2D eigenvalue weighted by Gasteiger charge is -2.07. The molecule has 2 aromatic carbocycles. The van der Waals surface area contributed by atoms with Gasteiger partial charge in [0.15, 0.2) is 0 Å². The fourth-order valence-corrected chi connectivity index (χ4v) is 2.10. The summed E-state index contributed by atoms with van der Waals surface area (Å²) in [6.45, 7) is 0. The normalized spacial score (nSPS) is 10.2. The molecule has 75 valence electrons. The van der Waals surface area contributed by atoms with Gasteiger partial charge in [-0.15, -0.1) is 0 Å². The van der Waals surface area contributed by atoms with E-state index in [2.05, 4.69) is 58.4 Å². The predicted molar refractivity (Wildman–Crippen MR) is 68.2 cm³/mol. The average molecular weight is 260 g/mol. The highest BCUT2D eigenvalue weighted by atomic mass is 79.9. The van der Waals surface area contributed by atoms with Crippen molar-refractivity contribution in [3.63, 3.8) is 0 Å². The van der Waals surface area contributed by atoms with Gasteiger partial charge in [-0.05, 0) is 29.2 Å². The van der Waals surface area contributed by atoms with Gasteiger partial charge in [-0.3, -0.25) is 0 Å². The van der Waals surface area contributed by atoms with Crippen LogP contribution >= 0.6 is 15.9 Å². The third kappa shape index (κ3) is 2.48. The highest BCUT2D eigenvalue weighted by Gasteiger charge is 2.02. The summed E-state index contributed by atoms with van der Waals surface area (Å²) in [5.41, 5.74) is 3.94. The lowest BCUT2D eigenvalue weighted by molar-refractivity contribution is 1.17. The maximum absolute atomic E-state index is 3.48. The average Bonchev–Trinajstić information content (AvgIpc) is 2.31. The summed E-state index contributed by atoms with van der Waals surface area (Å²) >= 11 is 3.48. The molecule has 0 aliphatic heterocycles. The van der Waals surface area contributed by atoms with E-state index < -0.39 is 0 Å². The van der Waals surface area contributed by atoms with E-state index in [0.29, 0.717) is 0 Å². The zero-order valence-corrected chi connectivity index (χ0v) is 10.00. The summed E-state index contributed by atoms with van der Waals surface area (Å²) in [5, 5.41) is 0.991. The van der Waals surface area contributed by atoms with E-state index in [1.807, 2.05) is 12.1 Å². The molecule has 1 heteroatoms. The first-order valence-corrected chi connectivity index (χ1v) is 6.14. The molecule has 0 aliphatic carbocycles. The molecule has 0 saturated heterocycles. The van der Waals surface area contributed by atoms with Gasteiger partial charge in [-0.2, -0.15) is 0 Å². The number of hydrogen-bond acceptors (Lipinski definition) is 0. The van der Waals surface area contributed by atoms with Gasteiger partial charge in [0.05, 0.1) is 0 Å². The molecular formula is C14H12Br. The van der Waals surface area contributed by atoms with Crippen LogP contribution in [0, 0.1) is 6.07 Å². The van der Waals surface area contributed by atoms with E-state index in [1.54, 1.807) is 0 Å². The van der Waals surface area contributed by atoms with E-state index in [0.717, 1.165) is 11.8 Å². The first-order chi connectivity index (χ1) is 7.42. The van der Waals surface area contributed by atoms with E-state index in [9.17, 15) is 0 Å². The second kappa shape index (κ2) is 5.13. The van der Waals surface area contributed by atoms with E-state index >= 15 is 0 Å². The first kappa shape index (κ1) is 10.4. The van der Waals surface area contributed by atoms with Crippen LogP contribution in [0.1, 0.15) is 5.56 Å². The molecular weight excluding hydrogens is 248 g/mol. The van der Waals surface area contributed by atoms with Crippen LogP contribution in [-0.4, -0.2) is 5.33 Å². The van der Waals surface area contributed by atoms with Crippen molar-refractivity contribution in [2.75, 3.05) is 5.33 Å². The van der Waals surface area contributed by atoms with Gasteiger partial charge in [-0.1, -0.05) is 64.5 Å². The molecule has 2 aromatic rings. The molecule has 0 aliphatic rings. The van der Waals surface area contributed by atoms with Crippen LogP contribution in [0.25, 0.3) is 11.1 Å². The van der Waals surface area contributed by atoms with Crippen LogP contribution in [0.4, 0.5) is 0 Å². The van der Waals surface area contributed by atoms with Crippen LogP contribution in [0.2, 0.25) is 0 Å². The van der Waals surface area contributed by atoms with Crippen molar-refractivity contribution >= 4 is 15.9 Å². The summed E-state index contributed by atoms with van der Waals surface area (Å²) < 4.78 is 0. The van der Waals surface area contributed by atoms with Gasteiger partial charge in [0.1, 0.15) is 0 Å². The molecule has 0 nitrogen and oxygen atoms in total. The Bertz CT molecular complexity index is 420. The molecule has 1 radical (unpaired) electrons. The van der Waals surface area contributed by atoms with Crippen LogP contribution in [0.5, 0.6) is 0 Å². The lowest BCUT2D eigenvalue weighted by Crippen LogP contribution is -1.90. The Labute approximate surface area is 99.1 Å². The summed E-state index contributed by atoms with van der Waals surface area (Å²) in [6.07, 6.45) is 1.04. The standard InChI is InChI=1S/C14H12Br/c15-11-10-13-8-4-5-9-14(13)12-6-2-1-3-7-12/h1-3,5-9H,10-11H2. The molecule has 0 bridgehead atoms. The minimum absolute atomic E-state index is 0.991. The maximum Gasteiger partial charge on any atom is 0.00720 e. The fourth-order valence-electron chi connectivity index (χ4n) is 1.67. The first-order valence-electron chi connectivity index (χ1n) is 5.02. The molecule has 15 heavy (non-hydrogen) atoms. The minimum atomic E-state index is 0.991. The summed E-state index contributed by atoms with van der Waals surface area (Å²) in [4.78, 5) is 0. The smallest absolute Gasteiger partial charge is 0.00720 e. The maximum atomic E-state index is 3.48. The summed E-state index contributed by atoms with van der Waals surface area (Å²) in [7, 11) is 0. The van der Waals surface area contributed by atoms with Crippen LogP contribution < -0.4 is 0 Å². The molecule has 2 rings (SSSR count). The van der Waals surface area contributed by atoms with E-state index in [1.165, 1.54) is 16.7 Å². The van der Waals surface area contributed by atoms with Crippen LogP contribution in [0.15, 0.2) is 48.5 Å². The highest BCUT2D eigenvalue weighted by molar-refractivity contribution is 9.09. The third-order valence-corrected chi connectivity index (χ3v) is 2.79. The summed E-state index contributed by atoms with van der Waals surface area (Å²) in [5.74, 6) is 0. The summed E-state index contributed by atoms with van der Waals surface area (Å²) in [6, 6.07) is 19.8. The lowest BCUT2D eigenvalue weighted by atomic mass is 9.98. The monoisotopic (exact) mass is 259 g/mol. The number of alkyl halides is 1. The SMILES string of the molecule is BrCCc1c[c]ccc1-c1ccccc1. The number of benzene rings is 2. The van der Waals surface area contributed by atoms with Gasteiger partial charge >= 0.3 is 0 Å². The van der Waals surface area contributed by atoms with Crippen molar-refractivity contribution in [2.45, 2.75) is 6.42 Å². The largest absolute Gasteiger partial charge is 0.0924 e. The number of halogens is 1. The number of aryl methyl sites for hydroxylation is 1. The Kier molecular flexibility index (Phi) is 3.57. The molecule has 0 amide bonds. The second-order valence-corrected chi connectivity index (χ2v) is 4.18. The van der Waals surface area contributed by atoms with Crippen molar-refractivity contribution in [2.24, 2.45) is 0 Å². The van der Waals surface area contributed by atoms with Crippen molar-refractivity contribution in [3.05, 3.63) is 60.2 Å². The molecule has 0 fully saturated rings. The van der Waals surface area contributed by atoms with Crippen molar-refractivity contribution in [1.29, 1.82) is 0 Å².